The minimum atomic E-state index is -0.714. The Balaban J connectivity index is 0.00000151. The molecule has 0 bridgehead atoms. The SMILES string of the molecule is CC.CN(C(=O)C1=C(C=O)C=CC(C)(C)C=C1)C1CCC(=O)NC1=O. The largest absolute Gasteiger partial charge is 0.330 e. The monoisotopic (exact) mass is 346 g/mol. The molecule has 1 aliphatic heterocycles. The number of carbonyl (C=O) groups is 4. The second-order valence-corrected chi connectivity index (χ2v) is 6.36. The summed E-state index contributed by atoms with van der Waals surface area (Å²) in [4.78, 5) is 48.4. The molecule has 1 unspecified atom stereocenters. The van der Waals surface area contributed by atoms with Crippen LogP contribution in [-0.2, 0) is 19.2 Å². The first-order valence-electron chi connectivity index (χ1n) is 8.44. The molecule has 1 heterocycles. The van der Waals surface area contributed by atoms with Crippen molar-refractivity contribution in [2.75, 3.05) is 7.05 Å². The van der Waals surface area contributed by atoms with Gasteiger partial charge < -0.3 is 4.90 Å². The minimum Gasteiger partial charge on any atom is -0.330 e. The zero-order chi connectivity index (χ0) is 19.2. The number of hydrogen-bond acceptors (Lipinski definition) is 4. The normalized spacial score (nSPS) is 21.7. The van der Waals surface area contributed by atoms with E-state index in [0.717, 1.165) is 0 Å². The summed E-state index contributed by atoms with van der Waals surface area (Å²) in [6.07, 6.45) is 8.03. The van der Waals surface area contributed by atoms with E-state index < -0.39 is 17.9 Å². The number of imide groups is 1. The Morgan fingerprint density at radius 2 is 1.84 bits per heavy atom. The fourth-order valence-corrected chi connectivity index (χ4v) is 2.52. The molecule has 1 aliphatic carbocycles. The zero-order valence-corrected chi connectivity index (χ0v) is 15.5. The molecule has 0 spiro atoms. The van der Waals surface area contributed by atoms with Crippen LogP contribution in [0.25, 0.3) is 0 Å². The summed E-state index contributed by atoms with van der Waals surface area (Å²) in [5.74, 6) is -1.24. The number of allylic oxidation sites excluding steroid dienone is 4. The van der Waals surface area contributed by atoms with E-state index in [-0.39, 0.29) is 35.3 Å². The molecule has 1 saturated heterocycles. The third-order valence-electron chi connectivity index (χ3n) is 4.04. The first-order chi connectivity index (χ1) is 11.7. The van der Waals surface area contributed by atoms with E-state index >= 15 is 0 Å². The summed E-state index contributed by atoms with van der Waals surface area (Å²) in [5, 5.41) is 2.23. The van der Waals surface area contributed by atoms with Gasteiger partial charge in [0.25, 0.3) is 5.91 Å². The predicted octanol–water partition coefficient (Wildman–Crippen LogP) is 1.92. The second kappa shape index (κ2) is 8.55. The Labute approximate surface area is 148 Å². The number of rotatable bonds is 3. The van der Waals surface area contributed by atoms with Crippen LogP contribution < -0.4 is 5.32 Å². The van der Waals surface area contributed by atoms with Gasteiger partial charge in [0.2, 0.25) is 11.8 Å². The number of likely N-dealkylation sites (N-methyl/N-ethyl adjacent to an activating group) is 1. The highest BCUT2D eigenvalue weighted by molar-refractivity contribution is 6.06. The van der Waals surface area contributed by atoms with E-state index in [9.17, 15) is 19.2 Å². The molecule has 136 valence electrons. The van der Waals surface area contributed by atoms with E-state index in [1.165, 1.54) is 11.9 Å². The highest BCUT2D eigenvalue weighted by Crippen LogP contribution is 2.26. The number of hydrogen-bond donors (Lipinski definition) is 1. The van der Waals surface area contributed by atoms with Crippen LogP contribution in [0.2, 0.25) is 0 Å². The van der Waals surface area contributed by atoms with Crippen molar-refractivity contribution in [2.24, 2.45) is 5.41 Å². The van der Waals surface area contributed by atoms with Crippen LogP contribution in [0.15, 0.2) is 35.5 Å². The van der Waals surface area contributed by atoms with E-state index in [2.05, 4.69) is 5.32 Å². The Bertz CT molecular complexity index is 656. The van der Waals surface area contributed by atoms with Gasteiger partial charge in [-0.2, -0.15) is 0 Å². The molecule has 0 aromatic rings. The van der Waals surface area contributed by atoms with E-state index in [4.69, 9.17) is 0 Å². The predicted molar refractivity (Wildman–Crippen MR) is 95.4 cm³/mol. The molecule has 6 heteroatoms. The second-order valence-electron chi connectivity index (χ2n) is 6.36. The first kappa shape index (κ1) is 20.5. The first-order valence-corrected chi connectivity index (χ1v) is 8.44. The molecule has 0 aromatic carbocycles. The molecule has 2 rings (SSSR count). The van der Waals surface area contributed by atoms with Gasteiger partial charge in [0.15, 0.2) is 6.29 Å². The lowest BCUT2D eigenvalue weighted by Crippen LogP contribution is -2.53. The van der Waals surface area contributed by atoms with Crippen LogP contribution in [0, 0.1) is 5.41 Å². The van der Waals surface area contributed by atoms with E-state index in [1.807, 2.05) is 39.8 Å². The van der Waals surface area contributed by atoms with Crippen molar-refractivity contribution in [1.29, 1.82) is 0 Å². The Hall–Kier alpha value is -2.50. The van der Waals surface area contributed by atoms with E-state index in [0.29, 0.717) is 6.29 Å². The molecule has 6 nitrogen and oxygen atoms in total. The van der Waals surface area contributed by atoms with Crippen molar-refractivity contribution >= 4 is 24.0 Å². The lowest BCUT2D eigenvalue weighted by atomic mass is 9.93. The summed E-state index contributed by atoms with van der Waals surface area (Å²) in [6, 6.07) is -0.714. The third kappa shape index (κ3) is 4.98. The molecule has 0 aromatic heterocycles. The zero-order valence-electron chi connectivity index (χ0n) is 15.5. The maximum atomic E-state index is 12.7. The van der Waals surface area contributed by atoms with E-state index in [1.54, 1.807) is 12.2 Å². The number of piperidine rings is 1. The highest BCUT2D eigenvalue weighted by atomic mass is 16.2. The van der Waals surface area contributed by atoms with Gasteiger partial charge in [0, 0.05) is 30.0 Å². The van der Waals surface area contributed by atoms with Crippen molar-refractivity contribution in [3.8, 4) is 0 Å². The average molecular weight is 346 g/mol. The van der Waals surface area contributed by atoms with Crippen LogP contribution in [0.4, 0.5) is 0 Å². The maximum Gasteiger partial charge on any atom is 0.254 e. The molecule has 0 saturated carbocycles. The Kier molecular flexibility index (Phi) is 7.03. The van der Waals surface area contributed by atoms with Crippen LogP contribution in [0.5, 0.6) is 0 Å². The van der Waals surface area contributed by atoms with Crippen molar-refractivity contribution < 1.29 is 19.2 Å². The number of carbonyl (C=O) groups excluding carboxylic acids is 4. The van der Waals surface area contributed by atoms with Gasteiger partial charge in [0.05, 0.1) is 0 Å². The summed E-state index contributed by atoms with van der Waals surface area (Å²) in [7, 11) is 1.51. The molecule has 3 amide bonds. The number of amides is 3. The summed E-state index contributed by atoms with van der Waals surface area (Å²) >= 11 is 0. The lowest BCUT2D eigenvalue weighted by molar-refractivity contribution is -0.142. The topological polar surface area (TPSA) is 83.6 Å². The van der Waals surface area contributed by atoms with Crippen LogP contribution >= 0.6 is 0 Å². The fourth-order valence-electron chi connectivity index (χ4n) is 2.52. The van der Waals surface area contributed by atoms with Crippen LogP contribution in [0.1, 0.15) is 40.5 Å². The number of aldehydes is 1. The molecular formula is C19H26N2O4. The standard InChI is InChI=1S/C17H20N2O4.C2H6/c1-17(2)8-6-11(10-20)12(7-9-17)16(23)19(3)13-4-5-14(21)18-15(13)22;1-2/h6-10,13H,4-5H2,1-3H3,(H,18,21,22);1-2H3. The smallest absolute Gasteiger partial charge is 0.254 e. The molecule has 1 fully saturated rings. The lowest BCUT2D eigenvalue weighted by Gasteiger charge is -2.30. The average Bonchev–Trinajstić information content (AvgIpc) is 2.73. The van der Waals surface area contributed by atoms with Crippen molar-refractivity contribution in [3.63, 3.8) is 0 Å². The van der Waals surface area contributed by atoms with Gasteiger partial charge >= 0.3 is 0 Å². The molecular weight excluding hydrogens is 320 g/mol. The van der Waals surface area contributed by atoms with Crippen molar-refractivity contribution in [1.82, 2.24) is 10.2 Å². The molecule has 1 atom stereocenters. The summed E-state index contributed by atoms with van der Waals surface area (Å²) < 4.78 is 0. The summed E-state index contributed by atoms with van der Waals surface area (Å²) in [6.45, 7) is 7.92. The summed E-state index contributed by atoms with van der Waals surface area (Å²) in [5.41, 5.74) is 0.244. The van der Waals surface area contributed by atoms with Gasteiger partial charge in [0.1, 0.15) is 6.04 Å². The van der Waals surface area contributed by atoms with Crippen molar-refractivity contribution in [3.05, 3.63) is 35.5 Å². The molecule has 2 aliphatic rings. The number of nitrogens with one attached hydrogen (secondary N) is 1. The van der Waals surface area contributed by atoms with Crippen molar-refractivity contribution in [2.45, 2.75) is 46.6 Å². The molecule has 1 N–H and O–H groups in total. The van der Waals surface area contributed by atoms with Gasteiger partial charge in [-0.05, 0) is 6.42 Å². The highest BCUT2D eigenvalue weighted by Gasteiger charge is 2.33. The fraction of sp³-hybridized carbons (Fsp3) is 0.474. The van der Waals surface area contributed by atoms with Gasteiger partial charge in [-0.25, -0.2) is 0 Å². The minimum absolute atomic E-state index is 0.191. The van der Waals surface area contributed by atoms with Crippen LogP contribution in [0.3, 0.4) is 0 Å². The Morgan fingerprint density at radius 1 is 1.24 bits per heavy atom. The number of nitrogens with zero attached hydrogens (tertiary/aromatic N) is 1. The van der Waals surface area contributed by atoms with Gasteiger partial charge in [-0.3, -0.25) is 24.5 Å². The third-order valence-corrected chi connectivity index (χ3v) is 4.04. The van der Waals surface area contributed by atoms with Crippen LogP contribution in [-0.4, -0.2) is 42.0 Å². The van der Waals surface area contributed by atoms with Gasteiger partial charge in [-0.15, -0.1) is 0 Å². The quantitative estimate of drug-likeness (QED) is 0.625. The molecule has 0 radical (unpaired) electrons. The maximum absolute atomic E-state index is 12.7. The molecule has 25 heavy (non-hydrogen) atoms. The van der Waals surface area contributed by atoms with Gasteiger partial charge in [-0.1, -0.05) is 52.0 Å². The Morgan fingerprint density at radius 3 is 2.40 bits per heavy atom.